The van der Waals surface area contributed by atoms with Crippen molar-refractivity contribution >= 4 is 33.5 Å². The summed E-state index contributed by atoms with van der Waals surface area (Å²) in [6.45, 7) is 13.8. The minimum atomic E-state index is -0.904. The molecular weight excluding hydrogens is 602 g/mol. The average Bonchev–Trinajstić information content (AvgIpc) is 3.54. The van der Waals surface area contributed by atoms with E-state index in [9.17, 15) is 14.4 Å². The van der Waals surface area contributed by atoms with Gasteiger partial charge in [0.05, 0.1) is 45.2 Å². The first-order valence-electron chi connectivity index (χ1n) is 15.8. The maximum Gasteiger partial charge on any atom is 0.326 e. The lowest BCUT2D eigenvalue weighted by molar-refractivity contribution is -0.128. The van der Waals surface area contributed by atoms with Crippen LogP contribution >= 0.6 is 0 Å². The number of aromatic amines is 1. The maximum atomic E-state index is 17.6. The quantitative estimate of drug-likeness (QED) is 0.266. The van der Waals surface area contributed by atoms with Crippen molar-refractivity contribution in [1.29, 1.82) is 0 Å². The number of fused-ring (bicyclic) bond motifs is 6. The van der Waals surface area contributed by atoms with Gasteiger partial charge in [-0.15, -0.1) is 0 Å². The molecule has 2 atom stereocenters. The van der Waals surface area contributed by atoms with Gasteiger partial charge < -0.3 is 14.8 Å². The van der Waals surface area contributed by atoms with Crippen molar-refractivity contribution in [1.82, 2.24) is 24.0 Å². The number of pyridine rings is 2. The van der Waals surface area contributed by atoms with Crippen molar-refractivity contribution < 1.29 is 13.6 Å². The molecule has 0 aliphatic carbocycles. The van der Waals surface area contributed by atoms with Crippen molar-refractivity contribution in [3.63, 3.8) is 0 Å². The van der Waals surface area contributed by atoms with Crippen molar-refractivity contribution in [2.45, 2.75) is 59.0 Å². The normalized spacial score (nSPS) is 17.6. The minimum absolute atomic E-state index is 0.0574. The van der Waals surface area contributed by atoms with Crippen LogP contribution in [0.3, 0.4) is 0 Å². The molecule has 1 amide bonds. The summed E-state index contributed by atoms with van der Waals surface area (Å²) in [6.07, 6.45) is 3.26. The van der Waals surface area contributed by atoms with Crippen LogP contribution in [0.1, 0.15) is 49.1 Å². The number of imidazole rings is 1. The number of piperazine rings is 1. The van der Waals surface area contributed by atoms with E-state index in [0.29, 0.717) is 58.7 Å². The fourth-order valence-corrected chi connectivity index (χ4v) is 7.65. The highest BCUT2D eigenvalue weighted by molar-refractivity contribution is 6.02. The Labute approximate surface area is 269 Å². The largest absolute Gasteiger partial charge is 0.363 e. The van der Waals surface area contributed by atoms with Crippen LogP contribution in [0.15, 0.2) is 52.7 Å². The number of benzene rings is 2. The number of nitrogens with zero attached hydrogens (tertiary/aromatic N) is 5. The van der Waals surface area contributed by atoms with Gasteiger partial charge in [0.15, 0.2) is 5.82 Å². The number of halogens is 2. The first kappa shape index (κ1) is 30.6. The Morgan fingerprint density at radius 2 is 1.81 bits per heavy atom. The minimum Gasteiger partial charge on any atom is -0.363 e. The zero-order valence-corrected chi connectivity index (χ0v) is 27.2. The molecule has 0 saturated carbocycles. The van der Waals surface area contributed by atoms with E-state index >= 15 is 8.78 Å². The molecule has 2 aliphatic heterocycles. The second kappa shape index (κ2) is 10.8. The number of H-pyrrole nitrogens is 1. The molecule has 0 radical (unpaired) electrons. The molecule has 47 heavy (non-hydrogen) atoms. The summed E-state index contributed by atoms with van der Waals surface area (Å²) < 4.78 is 37.1. The van der Waals surface area contributed by atoms with Crippen LogP contribution in [0.25, 0.3) is 38.8 Å². The third-order valence-corrected chi connectivity index (χ3v) is 9.89. The molecule has 5 aromatic rings. The number of aromatic nitrogens is 4. The molecule has 242 valence electrons. The fourth-order valence-electron chi connectivity index (χ4n) is 7.65. The number of carbonyl (C=O) groups excluding carboxylic acids is 1. The Hall–Kier alpha value is -5.06. The predicted octanol–water partition coefficient (Wildman–Crippen LogP) is 5.40. The van der Waals surface area contributed by atoms with Crippen molar-refractivity contribution in [2.75, 3.05) is 18.0 Å². The summed E-state index contributed by atoms with van der Waals surface area (Å²) in [5.41, 5.74) is 3.12. The topological polar surface area (TPSA) is 96.2 Å². The number of amides is 1. The van der Waals surface area contributed by atoms with Gasteiger partial charge in [-0.3, -0.25) is 23.7 Å². The first-order valence-corrected chi connectivity index (χ1v) is 15.8. The predicted molar refractivity (Wildman–Crippen MR) is 180 cm³/mol. The summed E-state index contributed by atoms with van der Waals surface area (Å²) in [4.78, 5) is 51.3. The number of hydrogen-bond donors (Lipinski definition) is 1. The van der Waals surface area contributed by atoms with Gasteiger partial charge in [-0.2, -0.15) is 0 Å². The molecule has 9 nitrogen and oxygen atoms in total. The van der Waals surface area contributed by atoms with Crippen LogP contribution in [-0.4, -0.2) is 55.1 Å². The summed E-state index contributed by atoms with van der Waals surface area (Å²) in [7, 11) is 1.55. The number of aryl methyl sites for hydroxylation is 3. The molecule has 2 aliphatic rings. The van der Waals surface area contributed by atoms with Crippen LogP contribution in [0.2, 0.25) is 0 Å². The molecule has 5 heterocycles. The van der Waals surface area contributed by atoms with Gasteiger partial charge in [-0.1, -0.05) is 26.5 Å². The van der Waals surface area contributed by atoms with Crippen LogP contribution in [-0.2, 0) is 18.3 Å². The fraction of sp³-hybridized carbons (Fsp3) is 0.333. The number of carbonyl (C=O) groups is 1. The average molecular weight is 639 g/mol. The zero-order chi connectivity index (χ0) is 33.6. The van der Waals surface area contributed by atoms with Crippen molar-refractivity contribution in [3.8, 4) is 16.8 Å². The van der Waals surface area contributed by atoms with Crippen LogP contribution in [0.4, 0.5) is 14.5 Å². The summed E-state index contributed by atoms with van der Waals surface area (Å²) >= 11 is 0. The van der Waals surface area contributed by atoms with E-state index < -0.39 is 22.9 Å². The lowest BCUT2D eigenvalue weighted by atomic mass is 9.94. The zero-order valence-electron chi connectivity index (χ0n) is 27.2. The van der Waals surface area contributed by atoms with E-state index in [0.717, 1.165) is 5.56 Å². The molecule has 3 aromatic heterocycles. The third kappa shape index (κ3) is 4.32. The Bertz CT molecular complexity index is 2300. The first-order chi connectivity index (χ1) is 22.3. The van der Waals surface area contributed by atoms with E-state index in [1.54, 1.807) is 43.3 Å². The maximum absolute atomic E-state index is 17.6. The van der Waals surface area contributed by atoms with Gasteiger partial charge >= 0.3 is 5.69 Å². The van der Waals surface area contributed by atoms with Gasteiger partial charge in [-0.05, 0) is 62.1 Å². The molecule has 1 saturated heterocycles. The standard InChI is InChI=1S/C36H36F2N6O3/c1-8-26(45)42-16-21-13-23-32(43(21)15-20(42)6)22-14-24(37)28(27-18(4)9-10-25-34(27)41(7)36(47)40-25)29(38)33(22)44(35(23)46)31-19(5)11-12-39-30(31)17(2)3/h8-12,14,17,20-21H,1,13,15-16H2,2-7H3,(H,40,47). The highest BCUT2D eigenvalue weighted by Gasteiger charge is 2.42. The SMILES string of the molecule is C=CC(=O)N1CC2Cc3c(c4cc(F)c(-c5c(C)ccc6[nH]c(=O)n(C)c56)c(F)c4n(-c4c(C)ccnc4C(C)C)c3=O)N2CC1C. The highest BCUT2D eigenvalue weighted by atomic mass is 19.1. The molecule has 1 N–H and O–H groups in total. The summed E-state index contributed by atoms with van der Waals surface area (Å²) in [5, 5.41) is 0.266. The number of rotatable bonds is 4. The summed E-state index contributed by atoms with van der Waals surface area (Å²) in [6, 6.07) is 6.04. The Kier molecular flexibility index (Phi) is 7.00. The Morgan fingerprint density at radius 3 is 2.51 bits per heavy atom. The van der Waals surface area contributed by atoms with Gasteiger partial charge in [0.2, 0.25) is 5.91 Å². The van der Waals surface area contributed by atoms with E-state index in [2.05, 4.69) is 16.5 Å². The van der Waals surface area contributed by atoms with E-state index in [-0.39, 0.29) is 45.9 Å². The van der Waals surface area contributed by atoms with Crippen LogP contribution in [0, 0.1) is 25.5 Å². The molecule has 0 bridgehead atoms. The van der Waals surface area contributed by atoms with Gasteiger partial charge in [-0.25, -0.2) is 13.6 Å². The smallest absolute Gasteiger partial charge is 0.326 e. The summed E-state index contributed by atoms with van der Waals surface area (Å²) in [5.74, 6) is -2.03. The molecular formula is C36H36F2N6O3. The van der Waals surface area contributed by atoms with Crippen molar-refractivity contribution in [2.24, 2.45) is 7.05 Å². The van der Waals surface area contributed by atoms with E-state index in [1.165, 1.54) is 21.3 Å². The molecule has 7 rings (SSSR count). The molecule has 2 unspecified atom stereocenters. The second-order valence-electron chi connectivity index (χ2n) is 13.1. The lowest BCUT2D eigenvalue weighted by Crippen LogP contribution is -2.57. The Balaban J connectivity index is 1.62. The van der Waals surface area contributed by atoms with Gasteiger partial charge in [0, 0.05) is 55.3 Å². The van der Waals surface area contributed by atoms with Gasteiger partial charge in [0.1, 0.15) is 5.82 Å². The molecule has 1 fully saturated rings. The number of hydrogen-bond acceptors (Lipinski definition) is 5. The highest BCUT2D eigenvalue weighted by Crippen LogP contribution is 2.45. The van der Waals surface area contributed by atoms with Gasteiger partial charge in [0.25, 0.3) is 5.56 Å². The van der Waals surface area contributed by atoms with Crippen LogP contribution < -0.4 is 16.1 Å². The third-order valence-electron chi connectivity index (χ3n) is 9.89. The van der Waals surface area contributed by atoms with Crippen molar-refractivity contribution in [3.05, 3.63) is 98.0 Å². The van der Waals surface area contributed by atoms with E-state index in [4.69, 9.17) is 0 Å². The molecule has 11 heteroatoms. The van der Waals surface area contributed by atoms with Crippen LogP contribution in [0.5, 0.6) is 0 Å². The number of nitrogens with one attached hydrogen (secondary N) is 1. The second-order valence-corrected chi connectivity index (χ2v) is 13.1. The lowest BCUT2D eigenvalue weighted by Gasteiger charge is -2.43. The molecule has 2 aromatic carbocycles. The Morgan fingerprint density at radius 1 is 1.06 bits per heavy atom. The van der Waals surface area contributed by atoms with E-state index in [1.807, 2.05) is 32.6 Å². The molecule has 0 spiro atoms. The number of anilines is 1. The monoisotopic (exact) mass is 638 g/mol.